The van der Waals surface area contributed by atoms with Crippen LogP contribution in [0, 0.1) is 0 Å². The van der Waals surface area contributed by atoms with E-state index in [1.54, 1.807) is 11.3 Å². The number of amides is 1. The molecule has 0 spiro atoms. The van der Waals surface area contributed by atoms with Crippen molar-refractivity contribution >= 4 is 27.3 Å². The smallest absolute Gasteiger partial charge is 0.267 e. The number of hydrogen-bond donors (Lipinski definition) is 2. The van der Waals surface area contributed by atoms with Crippen LogP contribution in [0.3, 0.4) is 0 Å². The molecule has 0 radical (unpaired) electrons. The topological polar surface area (TPSA) is 48.1 Å². The Hall–Kier alpha value is -2.11. The summed E-state index contributed by atoms with van der Waals surface area (Å²) in [5.74, 6) is -0.0737. The van der Waals surface area contributed by atoms with Gasteiger partial charge in [-0.05, 0) is 60.8 Å². The van der Waals surface area contributed by atoms with Gasteiger partial charge in [0.15, 0.2) is 0 Å². The second-order valence-electron chi connectivity index (χ2n) is 5.61. The Bertz CT molecular complexity index is 788. The molecule has 1 amide bonds. The zero-order valence-electron chi connectivity index (χ0n) is 12.7. The SMILES string of the molecule is CN(C)Cc1ccc(C(=O)NCc2ccc3sccc3c2)[nH]1. The van der Waals surface area contributed by atoms with Crippen LogP contribution < -0.4 is 5.32 Å². The number of hydrogen-bond acceptors (Lipinski definition) is 3. The second-order valence-corrected chi connectivity index (χ2v) is 6.56. The summed E-state index contributed by atoms with van der Waals surface area (Å²) >= 11 is 1.73. The molecule has 0 aliphatic carbocycles. The van der Waals surface area contributed by atoms with E-state index in [-0.39, 0.29) is 5.91 Å². The van der Waals surface area contributed by atoms with E-state index < -0.39 is 0 Å². The summed E-state index contributed by atoms with van der Waals surface area (Å²) < 4.78 is 1.27. The number of H-pyrrole nitrogens is 1. The van der Waals surface area contributed by atoms with Crippen molar-refractivity contribution in [2.24, 2.45) is 0 Å². The minimum absolute atomic E-state index is 0.0737. The Kier molecular flexibility index (Phi) is 4.27. The third-order valence-corrected chi connectivity index (χ3v) is 4.35. The predicted molar refractivity (Wildman–Crippen MR) is 91.2 cm³/mol. The first-order valence-corrected chi connectivity index (χ1v) is 8.07. The van der Waals surface area contributed by atoms with E-state index in [2.05, 4.69) is 44.8 Å². The van der Waals surface area contributed by atoms with Gasteiger partial charge in [0.2, 0.25) is 0 Å². The van der Waals surface area contributed by atoms with Crippen molar-refractivity contribution in [3.05, 3.63) is 58.7 Å². The molecule has 3 aromatic rings. The van der Waals surface area contributed by atoms with Crippen molar-refractivity contribution in [1.82, 2.24) is 15.2 Å². The normalized spacial score (nSPS) is 11.2. The molecule has 5 heteroatoms. The summed E-state index contributed by atoms with van der Waals surface area (Å²) in [6.07, 6.45) is 0. The van der Waals surface area contributed by atoms with E-state index in [0.29, 0.717) is 12.2 Å². The average molecular weight is 313 g/mol. The molecular weight excluding hydrogens is 294 g/mol. The third-order valence-electron chi connectivity index (χ3n) is 3.45. The molecule has 0 atom stereocenters. The molecule has 0 aliphatic heterocycles. The molecule has 22 heavy (non-hydrogen) atoms. The summed E-state index contributed by atoms with van der Waals surface area (Å²) in [6, 6.07) is 12.2. The van der Waals surface area contributed by atoms with Gasteiger partial charge in [0.25, 0.3) is 5.91 Å². The van der Waals surface area contributed by atoms with Crippen LogP contribution in [-0.4, -0.2) is 29.9 Å². The lowest BCUT2D eigenvalue weighted by atomic mass is 10.1. The Morgan fingerprint density at radius 3 is 2.91 bits per heavy atom. The Morgan fingerprint density at radius 1 is 1.23 bits per heavy atom. The molecule has 4 nitrogen and oxygen atoms in total. The summed E-state index contributed by atoms with van der Waals surface area (Å²) in [5.41, 5.74) is 2.75. The number of nitrogens with one attached hydrogen (secondary N) is 2. The van der Waals surface area contributed by atoms with Crippen LogP contribution in [0.5, 0.6) is 0 Å². The fourth-order valence-corrected chi connectivity index (χ4v) is 3.18. The van der Waals surface area contributed by atoms with Crippen LogP contribution in [0.1, 0.15) is 21.7 Å². The number of benzene rings is 1. The molecule has 0 unspecified atom stereocenters. The minimum atomic E-state index is -0.0737. The van der Waals surface area contributed by atoms with Gasteiger partial charge in [0.05, 0.1) is 0 Å². The van der Waals surface area contributed by atoms with E-state index in [4.69, 9.17) is 0 Å². The highest BCUT2D eigenvalue weighted by molar-refractivity contribution is 7.17. The third kappa shape index (κ3) is 3.37. The van der Waals surface area contributed by atoms with Crippen LogP contribution in [0.25, 0.3) is 10.1 Å². The highest BCUT2D eigenvalue weighted by Gasteiger charge is 2.08. The zero-order valence-corrected chi connectivity index (χ0v) is 13.5. The maximum absolute atomic E-state index is 12.2. The van der Waals surface area contributed by atoms with Crippen LogP contribution >= 0.6 is 11.3 Å². The van der Waals surface area contributed by atoms with Crippen molar-refractivity contribution < 1.29 is 4.79 Å². The summed E-state index contributed by atoms with van der Waals surface area (Å²) in [7, 11) is 4.00. The minimum Gasteiger partial charge on any atom is -0.353 e. The molecule has 2 N–H and O–H groups in total. The van der Waals surface area contributed by atoms with Crippen LogP contribution in [-0.2, 0) is 13.1 Å². The van der Waals surface area contributed by atoms with Gasteiger partial charge in [0, 0.05) is 23.5 Å². The highest BCUT2D eigenvalue weighted by Crippen LogP contribution is 2.21. The number of carbonyl (C=O) groups is 1. The number of aromatic nitrogens is 1. The van der Waals surface area contributed by atoms with Gasteiger partial charge in [-0.1, -0.05) is 6.07 Å². The van der Waals surface area contributed by atoms with Crippen LogP contribution in [0.15, 0.2) is 41.8 Å². The molecule has 0 saturated heterocycles. The molecule has 2 heterocycles. The fraction of sp³-hybridized carbons (Fsp3) is 0.235. The first-order chi connectivity index (χ1) is 10.6. The second kappa shape index (κ2) is 6.34. The van der Waals surface area contributed by atoms with Crippen molar-refractivity contribution in [2.45, 2.75) is 13.1 Å². The molecule has 0 fully saturated rings. The lowest BCUT2D eigenvalue weighted by molar-refractivity contribution is 0.0946. The Morgan fingerprint density at radius 2 is 2.09 bits per heavy atom. The quantitative estimate of drug-likeness (QED) is 0.760. The molecule has 1 aromatic carbocycles. The van der Waals surface area contributed by atoms with Crippen molar-refractivity contribution in [1.29, 1.82) is 0 Å². The predicted octanol–water partition coefficient (Wildman–Crippen LogP) is 3.22. The van der Waals surface area contributed by atoms with Gasteiger partial charge in [0.1, 0.15) is 5.69 Å². The Balaban J connectivity index is 1.62. The fourth-order valence-electron chi connectivity index (χ4n) is 2.41. The van der Waals surface area contributed by atoms with Gasteiger partial charge in [-0.2, -0.15) is 0 Å². The first-order valence-electron chi connectivity index (χ1n) is 7.19. The highest BCUT2D eigenvalue weighted by atomic mass is 32.1. The van der Waals surface area contributed by atoms with E-state index in [1.165, 1.54) is 10.1 Å². The number of fused-ring (bicyclic) bond motifs is 1. The lowest BCUT2D eigenvalue weighted by Gasteiger charge is -2.07. The maximum atomic E-state index is 12.2. The molecular formula is C17H19N3OS. The summed E-state index contributed by atoms with van der Waals surface area (Å²) in [6.45, 7) is 1.33. The van der Waals surface area contributed by atoms with Gasteiger partial charge >= 0.3 is 0 Å². The van der Waals surface area contributed by atoms with Gasteiger partial charge in [-0.15, -0.1) is 11.3 Å². The molecule has 3 rings (SSSR count). The number of aromatic amines is 1. The largest absolute Gasteiger partial charge is 0.353 e. The molecule has 0 bridgehead atoms. The molecule has 0 aliphatic rings. The monoisotopic (exact) mass is 313 g/mol. The van der Waals surface area contributed by atoms with E-state index in [9.17, 15) is 4.79 Å². The average Bonchev–Trinajstić information content (AvgIpc) is 3.12. The van der Waals surface area contributed by atoms with Crippen molar-refractivity contribution in [3.8, 4) is 0 Å². The Labute approximate surface area is 133 Å². The first kappa shape index (κ1) is 14.8. The van der Waals surface area contributed by atoms with E-state index in [1.807, 2.05) is 26.2 Å². The van der Waals surface area contributed by atoms with Gasteiger partial charge in [-0.3, -0.25) is 4.79 Å². The van der Waals surface area contributed by atoms with Gasteiger partial charge < -0.3 is 15.2 Å². The number of thiophene rings is 1. The van der Waals surface area contributed by atoms with E-state index in [0.717, 1.165) is 17.8 Å². The van der Waals surface area contributed by atoms with Crippen LogP contribution in [0.4, 0.5) is 0 Å². The number of rotatable bonds is 5. The van der Waals surface area contributed by atoms with Crippen molar-refractivity contribution in [3.63, 3.8) is 0 Å². The standard InChI is InChI=1S/C17H19N3OS/c1-20(2)11-14-4-5-15(19-14)17(21)18-10-12-3-6-16-13(9-12)7-8-22-16/h3-9,19H,10-11H2,1-2H3,(H,18,21). The van der Waals surface area contributed by atoms with E-state index >= 15 is 0 Å². The van der Waals surface area contributed by atoms with Crippen LogP contribution in [0.2, 0.25) is 0 Å². The number of nitrogens with zero attached hydrogens (tertiary/aromatic N) is 1. The number of carbonyl (C=O) groups excluding carboxylic acids is 1. The molecule has 114 valence electrons. The van der Waals surface area contributed by atoms with Gasteiger partial charge in [-0.25, -0.2) is 0 Å². The van der Waals surface area contributed by atoms with Crippen molar-refractivity contribution in [2.75, 3.05) is 14.1 Å². The summed E-state index contributed by atoms with van der Waals surface area (Å²) in [5, 5.41) is 6.27. The molecule has 0 saturated carbocycles. The lowest BCUT2D eigenvalue weighted by Crippen LogP contribution is -2.23. The zero-order chi connectivity index (χ0) is 15.5. The molecule has 2 aromatic heterocycles. The summed E-state index contributed by atoms with van der Waals surface area (Å²) in [4.78, 5) is 17.4. The maximum Gasteiger partial charge on any atom is 0.267 e.